The van der Waals surface area contributed by atoms with Crippen LogP contribution in [0, 0.1) is 0 Å². The number of benzene rings is 1. The Kier molecular flexibility index (Phi) is 6.25. The van der Waals surface area contributed by atoms with Gasteiger partial charge in [-0.25, -0.2) is 4.98 Å². The Morgan fingerprint density at radius 1 is 1.36 bits per heavy atom. The number of nitrogens with zero attached hydrogens (tertiary/aromatic N) is 2. The van der Waals surface area contributed by atoms with E-state index >= 15 is 0 Å². The maximum absolute atomic E-state index is 11.3. The Hall–Kier alpha value is -1.85. The molecule has 0 fully saturated rings. The van der Waals surface area contributed by atoms with Crippen molar-refractivity contribution in [2.24, 2.45) is 0 Å². The van der Waals surface area contributed by atoms with Gasteiger partial charge in [-0.3, -0.25) is 4.79 Å². The van der Waals surface area contributed by atoms with E-state index < -0.39 is 5.97 Å². The van der Waals surface area contributed by atoms with E-state index in [1.807, 2.05) is 24.3 Å². The molecule has 5 nitrogen and oxygen atoms in total. The molecule has 1 heterocycles. The lowest BCUT2D eigenvalue weighted by molar-refractivity contribution is -0.137. The number of halogens is 1. The molecule has 1 aliphatic rings. The summed E-state index contributed by atoms with van der Waals surface area (Å²) in [5.41, 5.74) is 3.37. The number of aliphatic carboxylic acids is 1. The summed E-state index contributed by atoms with van der Waals surface area (Å²) >= 11 is 5.99. The van der Waals surface area contributed by atoms with Crippen molar-refractivity contribution in [2.75, 3.05) is 0 Å². The number of carbonyl (C=O) groups is 1. The highest BCUT2D eigenvalue weighted by Gasteiger charge is 2.30. The third-order valence-corrected chi connectivity index (χ3v) is 4.91. The maximum Gasteiger partial charge on any atom is 0.304 e. The van der Waals surface area contributed by atoms with Gasteiger partial charge >= 0.3 is 5.97 Å². The molecule has 2 aromatic rings. The second-order valence-electron chi connectivity index (χ2n) is 6.86. The van der Waals surface area contributed by atoms with Gasteiger partial charge in [-0.1, -0.05) is 37.6 Å². The molecule has 0 aliphatic heterocycles. The molecule has 3 rings (SSSR count). The number of fused-ring (bicyclic) bond motifs is 1. The molecule has 0 spiro atoms. The van der Waals surface area contributed by atoms with Crippen LogP contribution in [0.4, 0.5) is 0 Å². The van der Waals surface area contributed by atoms with E-state index in [4.69, 9.17) is 16.6 Å². The van der Waals surface area contributed by atoms with Crippen molar-refractivity contribution in [1.29, 1.82) is 0 Å². The smallest absolute Gasteiger partial charge is 0.304 e. The van der Waals surface area contributed by atoms with Crippen LogP contribution >= 0.6 is 11.6 Å². The summed E-state index contributed by atoms with van der Waals surface area (Å²) < 4.78 is 2.25. The van der Waals surface area contributed by atoms with Gasteiger partial charge in [-0.2, -0.15) is 0 Å². The van der Waals surface area contributed by atoms with Crippen LogP contribution in [0.3, 0.4) is 0 Å². The summed E-state index contributed by atoms with van der Waals surface area (Å²) in [5, 5.41) is 10.00. The number of rotatable bonds is 5. The van der Waals surface area contributed by atoms with E-state index in [-0.39, 0.29) is 18.5 Å². The third kappa shape index (κ3) is 4.22. The fourth-order valence-electron chi connectivity index (χ4n) is 3.62. The van der Waals surface area contributed by atoms with E-state index in [0.29, 0.717) is 12.5 Å². The average Bonchev–Trinajstić information content (AvgIpc) is 2.89. The lowest BCUT2D eigenvalue weighted by atomic mass is 9.87. The molecule has 1 aliphatic carbocycles. The Bertz CT molecular complexity index is 738. The van der Waals surface area contributed by atoms with Crippen LogP contribution in [0.5, 0.6) is 0 Å². The van der Waals surface area contributed by atoms with Gasteiger partial charge in [0.25, 0.3) is 0 Å². The second-order valence-corrected chi connectivity index (χ2v) is 7.29. The van der Waals surface area contributed by atoms with Crippen molar-refractivity contribution in [2.45, 2.75) is 57.9 Å². The van der Waals surface area contributed by atoms with E-state index in [0.717, 1.165) is 47.1 Å². The van der Waals surface area contributed by atoms with Crippen LogP contribution in [-0.4, -0.2) is 20.6 Å². The van der Waals surface area contributed by atoms with E-state index in [9.17, 15) is 9.90 Å². The van der Waals surface area contributed by atoms with E-state index in [1.54, 1.807) is 0 Å². The highest BCUT2D eigenvalue weighted by Crippen LogP contribution is 2.36. The average molecular weight is 364 g/mol. The molecule has 4 N–H and O–H groups in total. The Balaban J connectivity index is 0.00000225. The van der Waals surface area contributed by atoms with Gasteiger partial charge in [0.05, 0.1) is 12.1 Å². The summed E-state index contributed by atoms with van der Waals surface area (Å²) in [5.74, 6) is 0.664. The molecule has 1 aromatic carbocycles. The van der Waals surface area contributed by atoms with E-state index in [2.05, 4.69) is 18.4 Å². The molecule has 0 radical (unpaired) electrons. The molecule has 0 saturated carbocycles. The monoisotopic (exact) mass is 363 g/mol. The molecule has 1 atom stereocenters. The lowest BCUT2D eigenvalue weighted by Crippen LogP contribution is -2.18. The van der Waals surface area contributed by atoms with Crippen molar-refractivity contribution in [3.05, 3.63) is 52.1 Å². The van der Waals surface area contributed by atoms with Gasteiger partial charge < -0.3 is 15.8 Å². The number of hydrogen-bond donors (Lipinski definition) is 2. The van der Waals surface area contributed by atoms with Crippen molar-refractivity contribution >= 4 is 17.6 Å². The molecule has 1 unspecified atom stereocenters. The molecule has 1 aromatic heterocycles. The standard InChI is InChI=1S/C19H23ClN2O2.H3N/c1-12(2)19-21-16-5-3-4-14(10-17(23)24)18(16)22(19)11-13-6-8-15(20)9-7-13;/h6-9,12,14H,3-5,10-11H2,1-2H3,(H,23,24);1H3. The Morgan fingerprint density at radius 3 is 2.64 bits per heavy atom. The zero-order chi connectivity index (χ0) is 17.3. The van der Waals surface area contributed by atoms with Gasteiger partial charge in [-0.05, 0) is 37.0 Å². The van der Waals surface area contributed by atoms with Gasteiger partial charge in [0.2, 0.25) is 0 Å². The predicted molar refractivity (Wildman–Crippen MR) is 99.8 cm³/mol. The van der Waals surface area contributed by atoms with Crippen LogP contribution in [0.1, 0.15) is 67.7 Å². The molecule has 6 heteroatoms. The number of aryl methyl sites for hydroxylation is 1. The number of hydrogen-bond acceptors (Lipinski definition) is 3. The van der Waals surface area contributed by atoms with Gasteiger partial charge in [-0.15, -0.1) is 0 Å². The van der Waals surface area contributed by atoms with Gasteiger partial charge in [0, 0.05) is 29.1 Å². The van der Waals surface area contributed by atoms with Crippen molar-refractivity contribution in [3.63, 3.8) is 0 Å². The second kappa shape index (κ2) is 8.02. The maximum atomic E-state index is 11.3. The van der Waals surface area contributed by atoms with Crippen LogP contribution in [0.2, 0.25) is 5.02 Å². The molecule has 0 saturated heterocycles. The minimum atomic E-state index is -0.738. The lowest BCUT2D eigenvalue weighted by Gasteiger charge is -2.24. The Labute approximate surface area is 153 Å². The normalized spacial score (nSPS) is 16.4. The highest BCUT2D eigenvalue weighted by atomic mass is 35.5. The van der Waals surface area contributed by atoms with Crippen LogP contribution in [-0.2, 0) is 17.8 Å². The third-order valence-electron chi connectivity index (χ3n) is 4.66. The van der Waals surface area contributed by atoms with Gasteiger partial charge in [0.15, 0.2) is 0 Å². The van der Waals surface area contributed by atoms with Crippen molar-refractivity contribution < 1.29 is 9.90 Å². The first-order valence-corrected chi connectivity index (χ1v) is 8.89. The fraction of sp³-hybridized carbons (Fsp3) is 0.474. The van der Waals surface area contributed by atoms with Crippen molar-refractivity contribution in [1.82, 2.24) is 15.7 Å². The quantitative estimate of drug-likeness (QED) is 0.800. The zero-order valence-electron chi connectivity index (χ0n) is 14.8. The molecule has 25 heavy (non-hydrogen) atoms. The first kappa shape index (κ1) is 19.5. The molecular weight excluding hydrogens is 338 g/mol. The number of carboxylic acid groups (broad SMARTS) is 1. The summed E-state index contributed by atoms with van der Waals surface area (Å²) in [6.45, 7) is 4.99. The number of aromatic nitrogens is 2. The van der Waals surface area contributed by atoms with Crippen LogP contribution in [0.15, 0.2) is 24.3 Å². The summed E-state index contributed by atoms with van der Waals surface area (Å²) in [4.78, 5) is 16.1. The topological polar surface area (TPSA) is 90.1 Å². The summed E-state index contributed by atoms with van der Waals surface area (Å²) in [6, 6.07) is 7.83. The first-order chi connectivity index (χ1) is 11.5. The number of carboxylic acids is 1. The largest absolute Gasteiger partial charge is 0.481 e. The van der Waals surface area contributed by atoms with E-state index in [1.165, 1.54) is 0 Å². The fourth-order valence-corrected chi connectivity index (χ4v) is 3.74. The number of imidazole rings is 1. The molecule has 0 bridgehead atoms. The van der Waals surface area contributed by atoms with Crippen molar-refractivity contribution in [3.8, 4) is 0 Å². The predicted octanol–water partition coefficient (Wildman–Crippen LogP) is 4.76. The van der Waals surface area contributed by atoms with Crippen LogP contribution in [0.25, 0.3) is 0 Å². The molecule has 0 amide bonds. The zero-order valence-corrected chi connectivity index (χ0v) is 15.6. The van der Waals surface area contributed by atoms with Gasteiger partial charge in [0.1, 0.15) is 5.82 Å². The first-order valence-electron chi connectivity index (χ1n) is 8.51. The van der Waals surface area contributed by atoms with Crippen LogP contribution < -0.4 is 6.15 Å². The Morgan fingerprint density at radius 2 is 2.04 bits per heavy atom. The minimum Gasteiger partial charge on any atom is -0.481 e. The summed E-state index contributed by atoms with van der Waals surface area (Å²) in [7, 11) is 0. The molecule has 136 valence electrons. The minimum absolute atomic E-state index is 0. The SMILES string of the molecule is CC(C)c1nc2c(n1Cc1ccc(Cl)cc1)C(CC(=O)O)CCC2.N. The highest BCUT2D eigenvalue weighted by molar-refractivity contribution is 6.30. The molecular formula is C19H26ClN3O2. The summed E-state index contributed by atoms with van der Waals surface area (Å²) in [6.07, 6.45) is 3.05.